The molecule has 0 bridgehead atoms. The lowest BCUT2D eigenvalue weighted by Gasteiger charge is -2.37. The smallest absolute Gasteiger partial charge is 0.308 e. The van der Waals surface area contributed by atoms with Gasteiger partial charge >= 0.3 is 5.97 Å². The molecular weight excluding hydrogens is 364 g/mol. The summed E-state index contributed by atoms with van der Waals surface area (Å²) in [7, 11) is 3.32. The number of piperidine rings is 1. The van der Waals surface area contributed by atoms with Crippen LogP contribution in [0.4, 0.5) is 0 Å². The van der Waals surface area contributed by atoms with Crippen LogP contribution in [0.25, 0.3) is 0 Å². The first-order valence-corrected chi connectivity index (χ1v) is 10.9. The number of guanidine groups is 1. The van der Waals surface area contributed by atoms with Crippen molar-refractivity contribution in [1.29, 1.82) is 0 Å². The van der Waals surface area contributed by atoms with E-state index >= 15 is 0 Å². The largest absolute Gasteiger partial charge is 0.469 e. The number of rotatable bonds is 6. The van der Waals surface area contributed by atoms with Crippen LogP contribution in [0, 0.1) is 5.92 Å². The molecule has 0 radical (unpaired) electrons. The summed E-state index contributed by atoms with van der Waals surface area (Å²) in [6.45, 7) is 4.79. The number of aliphatic imine (C=N–C) groups is 1. The van der Waals surface area contributed by atoms with Gasteiger partial charge in [0.15, 0.2) is 5.96 Å². The average Bonchev–Trinajstić information content (AvgIpc) is 3.23. The van der Waals surface area contributed by atoms with Gasteiger partial charge in [-0.3, -0.25) is 9.79 Å². The van der Waals surface area contributed by atoms with Crippen LogP contribution in [-0.2, 0) is 9.53 Å². The Hall–Kier alpha value is -2.08. The summed E-state index contributed by atoms with van der Waals surface area (Å²) < 4.78 is 4.90. The van der Waals surface area contributed by atoms with Crippen molar-refractivity contribution in [3.63, 3.8) is 0 Å². The molecule has 1 aromatic carbocycles. The Morgan fingerprint density at radius 2 is 1.90 bits per heavy atom. The molecule has 2 fully saturated rings. The van der Waals surface area contributed by atoms with Crippen LogP contribution in [0.2, 0.25) is 0 Å². The minimum Gasteiger partial charge on any atom is -0.469 e. The summed E-state index contributed by atoms with van der Waals surface area (Å²) in [6.07, 6.45) is 6.53. The molecule has 160 valence electrons. The van der Waals surface area contributed by atoms with Crippen molar-refractivity contribution in [3.05, 3.63) is 35.9 Å². The number of likely N-dealkylation sites (tertiary alicyclic amines) is 1. The first kappa shape index (κ1) is 21.6. The minimum atomic E-state index is -0.0865. The van der Waals surface area contributed by atoms with Crippen molar-refractivity contribution >= 4 is 11.9 Å². The number of ether oxygens (including phenoxy) is 1. The fourth-order valence-corrected chi connectivity index (χ4v) is 4.78. The van der Waals surface area contributed by atoms with E-state index in [-0.39, 0.29) is 17.4 Å². The van der Waals surface area contributed by atoms with Gasteiger partial charge in [-0.05, 0) is 38.2 Å². The molecule has 1 saturated heterocycles. The Bertz CT molecular complexity index is 677. The number of esters is 1. The summed E-state index contributed by atoms with van der Waals surface area (Å²) in [5, 5.41) is 7.56. The first-order valence-electron chi connectivity index (χ1n) is 10.9. The minimum absolute atomic E-state index is 0.0175. The summed E-state index contributed by atoms with van der Waals surface area (Å²) in [5.41, 5.74) is 1.42. The third-order valence-corrected chi connectivity index (χ3v) is 6.51. The van der Waals surface area contributed by atoms with E-state index in [1.54, 1.807) is 0 Å². The van der Waals surface area contributed by atoms with Gasteiger partial charge < -0.3 is 20.3 Å². The molecule has 1 aliphatic heterocycles. The molecule has 0 spiro atoms. The molecule has 6 nitrogen and oxygen atoms in total. The van der Waals surface area contributed by atoms with Crippen LogP contribution in [0.3, 0.4) is 0 Å². The number of carbonyl (C=O) groups excluding carboxylic acids is 1. The Labute approximate surface area is 175 Å². The van der Waals surface area contributed by atoms with E-state index in [1.807, 2.05) is 7.05 Å². The van der Waals surface area contributed by atoms with Crippen molar-refractivity contribution in [2.75, 3.05) is 33.8 Å². The summed E-state index contributed by atoms with van der Waals surface area (Å²) >= 11 is 0. The van der Waals surface area contributed by atoms with Gasteiger partial charge in [0.05, 0.1) is 13.0 Å². The summed E-state index contributed by atoms with van der Waals surface area (Å²) in [5.74, 6) is 0.870. The second-order valence-corrected chi connectivity index (χ2v) is 8.45. The monoisotopic (exact) mass is 400 g/mol. The normalized spacial score (nSPS) is 21.1. The molecule has 1 heterocycles. The van der Waals surface area contributed by atoms with E-state index in [1.165, 1.54) is 38.4 Å². The third-order valence-electron chi connectivity index (χ3n) is 6.51. The highest BCUT2D eigenvalue weighted by Gasteiger charge is 2.36. The summed E-state index contributed by atoms with van der Waals surface area (Å²) in [6, 6.07) is 11.0. The molecule has 6 heteroatoms. The molecule has 1 aromatic rings. The fraction of sp³-hybridized carbons (Fsp3) is 0.652. The molecule has 1 unspecified atom stereocenters. The molecule has 1 aliphatic carbocycles. The first-order chi connectivity index (χ1) is 14.1. The molecule has 2 aliphatic rings. The van der Waals surface area contributed by atoms with Gasteiger partial charge in [-0.25, -0.2) is 0 Å². The summed E-state index contributed by atoms with van der Waals surface area (Å²) in [4.78, 5) is 18.6. The number of methoxy groups -OCH3 is 1. The van der Waals surface area contributed by atoms with Gasteiger partial charge in [-0.15, -0.1) is 0 Å². The SMILES string of the molecule is CN=C(NCC1(NC(C)c2ccccc2)CCCC1)N1CCC(C(=O)OC)CC1. The highest BCUT2D eigenvalue weighted by atomic mass is 16.5. The molecular formula is C23H36N4O2. The number of hydrogen-bond acceptors (Lipinski definition) is 4. The number of benzene rings is 1. The van der Waals surface area contributed by atoms with Crippen molar-refractivity contribution in [2.24, 2.45) is 10.9 Å². The predicted octanol–water partition coefficient (Wildman–Crippen LogP) is 3.11. The van der Waals surface area contributed by atoms with Crippen LogP contribution in [-0.4, -0.2) is 56.2 Å². The van der Waals surface area contributed by atoms with Gasteiger partial charge in [0.25, 0.3) is 0 Å². The van der Waals surface area contributed by atoms with Crippen LogP contribution in [0.15, 0.2) is 35.3 Å². The standard InChI is InChI=1S/C23H36N4O2/c1-18(19-9-5-4-6-10-19)26-23(13-7-8-14-23)17-25-22(24-2)27-15-11-20(12-16-27)21(28)29-3/h4-6,9-10,18,20,26H,7-8,11-17H2,1-3H3,(H,24,25). The van der Waals surface area contributed by atoms with Gasteiger partial charge in [0.2, 0.25) is 0 Å². The van der Waals surface area contributed by atoms with E-state index < -0.39 is 0 Å². The average molecular weight is 401 g/mol. The van der Waals surface area contributed by atoms with Crippen LogP contribution in [0.5, 0.6) is 0 Å². The molecule has 29 heavy (non-hydrogen) atoms. The Balaban J connectivity index is 1.57. The van der Waals surface area contributed by atoms with Crippen molar-refractivity contribution in [3.8, 4) is 0 Å². The lowest BCUT2D eigenvalue weighted by atomic mass is 9.94. The second kappa shape index (κ2) is 10.1. The molecule has 3 rings (SSSR count). The highest BCUT2D eigenvalue weighted by Crippen LogP contribution is 2.32. The van der Waals surface area contributed by atoms with E-state index in [4.69, 9.17) is 4.74 Å². The maximum atomic E-state index is 11.8. The number of carbonyl (C=O) groups is 1. The zero-order valence-electron chi connectivity index (χ0n) is 18.1. The molecule has 2 N–H and O–H groups in total. The van der Waals surface area contributed by atoms with Gasteiger partial charge in [-0.2, -0.15) is 0 Å². The Kier molecular flexibility index (Phi) is 7.53. The molecule has 0 aromatic heterocycles. The van der Waals surface area contributed by atoms with Gasteiger partial charge in [0.1, 0.15) is 0 Å². The molecule has 1 atom stereocenters. The highest BCUT2D eigenvalue weighted by molar-refractivity contribution is 5.80. The lowest BCUT2D eigenvalue weighted by molar-refractivity contribution is -0.146. The lowest BCUT2D eigenvalue weighted by Crippen LogP contribution is -2.55. The maximum absolute atomic E-state index is 11.8. The van der Waals surface area contributed by atoms with E-state index in [9.17, 15) is 4.79 Å². The number of hydrogen-bond donors (Lipinski definition) is 2. The third kappa shape index (κ3) is 5.50. The quantitative estimate of drug-likeness (QED) is 0.436. The number of nitrogens with one attached hydrogen (secondary N) is 2. The van der Waals surface area contributed by atoms with Crippen LogP contribution >= 0.6 is 0 Å². The van der Waals surface area contributed by atoms with Crippen molar-refractivity contribution < 1.29 is 9.53 Å². The zero-order chi connectivity index (χ0) is 20.7. The predicted molar refractivity (Wildman–Crippen MR) is 117 cm³/mol. The van der Waals surface area contributed by atoms with E-state index in [0.717, 1.165) is 38.4 Å². The van der Waals surface area contributed by atoms with E-state index in [2.05, 4.69) is 57.8 Å². The molecule has 1 saturated carbocycles. The van der Waals surface area contributed by atoms with Crippen molar-refractivity contribution in [2.45, 2.75) is 57.0 Å². The zero-order valence-corrected chi connectivity index (χ0v) is 18.1. The van der Waals surface area contributed by atoms with E-state index in [0.29, 0.717) is 6.04 Å². The van der Waals surface area contributed by atoms with Crippen molar-refractivity contribution in [1.82, 2.24) is 15.5 Å². The van der Waals surface area contributed by atoms with Crippen LogP contribution < -0.4 is 10.6 Å². The topological polar surface area (TPSA) is 66.0 Å². The maximum Gasteiger partial charge on any atom is 0.308 e. The van der Waals surface area contributed by atoms with Gasteiger partial charge in [0, 0.05) is 38.3 Å². The molecule has 0 amide bonds. The Morgan fingerprint density at radius 1 is 1.24 bits per heavy atom. The van der Waals surface area contributed by atoms with Gasteiger partial charge in [-0.1, -0.05) is 43.2 Å². The van der Waals surface area contributed by atoms with Crippen LogP contribution in [0.1, 0.15) is 57.1 Å². The number of nitrogens with zero attached hydrogens (tertiary/aromatic N) is 2. The Morgan fingerprint density at radius 3 is 2.48 bits per heavy atom. The second-order valence-electron chi connectivity index (χ2n) is 8.45. The fourth-order valence-electron chi connectivity index (χ4n) is 4.78.